The Balaban J connectivity index is 2.28. The first-order valence-corrected chi connectivity index (χ1v) is 6.82. The molecule has 0 aliphatic rings. The molecule has 0 radical (unpaired) electrons. The van der Waals surface area contributed by atoms with Crippen molar-refractivity contribution in [3.63, 3.8) is 0 Å². The number of fused-ring (bicyclic) bond motifs is 1. The van der Waals surface area contributed by atoms with Crippen molar-refractivity contribution >= 4 is 40.1 Å². The van der Waals surface area contributed by atoms with E-state index in [2.05, 4.69) is 15.4 Å². The van der Waals surface area contributed by atoms with Gasteiger partial charge in [0.1, 0.15) is 23.1 Å². The highest BCUT2D eigenvalue weighted by molar-refractivity contribution is 6.33. The molecule has 0 unspecified atom stereocenters. The molecular weight excluding hydrogens is 339 g/mol. The molecule has 0 atom stereocenters. The Hall–Kier alpha value is -3.38. The molecular formula is C14H8ClFN6O2. The van der Waals surface area contributed by atoms with Gasteiger partial charge >= 0.3 is 6.09 Å². The second-order valence-electron chi connectivity index (χ2n) is 4.73. The molecule has 10 heteroatoms. The molecule has 2 heterocycles. The zero-order chi connectivity index (χ0) is 17.4. The minimum Gasteiger partial charge on any atom is -0.465 e. The lowest BCUT2D eigenvalue weighted by atomic mass is 10.1. The summed E-state index contributed by atoms with van der Waals surface area (Å²) >= 11 is 6.13. The van der Waals surface area contributed by atoms with Crippen LogP contribution in [0.15, 0.2) is 24.5 Å². The molecule has 0 bridgehead atoms. The van der Waals surface area contributed by atoms with Gasteiger partial charge in [-0.1, -0.05) is 11.6 Å². The van der Waals surface area contributed by atoms with Gasteiger partial charge in [-0.05, 0) is 12.1 Å². The maximum atomic E-state index is 13.9. The van der Waals surface area contributed by atoms with E-state index in [1.54, 1.807) is 0 Å². The molecule has 24 heavy (non-hydrogen) atoms. The predicted octanol–water partition coefficient (Wildman–Crippen LogP) is 2.76. The quantitative estimate of drug-likeness (QED) is 0.611. The van der Waals surface area contributed by atoms with Crippen LogP contribution in [-0.2, 0) is 0 Å². The number of nitriles is 1. The largest absolute Gasteiger partial charge is 0.465 e. The Kier molecular flexibility index (Phi) is 3.67. The fourth-order valence-electron chi connectivity index (χ4n) is 2.23. The van der Waals surface area contributed by atoms with Gasteiger partial charge in [0.2, 0.25) is 0 Å². The third-order valence-corrected chi connectivity index (χ3v) is 3.45. The van der Waals surface area contributed by atoms with Crippen LogP contribution in [0.3, 0.4) is 0 Å². The maximum absolute atomic E-state index is 13.9. The number of pyridine rings is 1. The highest BCUT2D eigenvalue weighted by Crippen LogP contribution is 2.30. The first-order valence-electron chi connectivity index (χ1n) is 6.44. The fourth-order valence-corrected chi connectivity index (χ4v) is 2.54. The van der Waals surface area contributed by atoms with E-state index in [9.17, 15) is 14.4 Å². The number of aromatic nitrogens is 3. The zero-order valence-electron chi connectivity index (χ0n) is 11.8. The van der Waals surface area contributed by atoms with Crippen molar-refractivity contribution in [1.29, 1.82) is 5.26 Å². The van der Waals surface area contributed by atoms with E-state index in [1.165, 1.54) is 23.0 Å². The number of hydrogen-bond donors (Lipinski definition) is 3. The maximum Gasteiger partial charge on any atom is 0.410 e. The number of nitrogens with two attached hydrogens (primary N) is 1. The summed E-state index contributed by atoms with van der Waals surface area (Å²) in [5, 5.41) is 24.4. The second-order valence-corrected chi connectivity index (χ2v) is 5.14. The predicted molar refractivity (Wildman–Crippen MR) is 84.6 cm³/mol. The van der Waals surface area contributed by atoms with Gasteiger partial charge in [-0.15, -0.1) is 0 Å². The van der Waals surface area contributed by atoms with Crippen LogP contribution < -0.4 is 11.1 Å². The average Bonchev–Trinajstić information content (AvgIpc) is 2.94. The van der Waals surface area contributed by atoms with Crippen molar-refractivity contribution in [1.82, 2.24) is 14.8 Å². The number of nitrogens with one attached hydrogen (secondary N) is 1. The smallest absolute Gasteiger partial charge is 0.410 e. The average molecular weight is 347 g/mol. The molecule has 2 aromatic heterocycles. The third kappa shape index (κ3) is 2.55. The molecule has 0 aliphatic carbocycles. The monoisotopic (exact) mass is 346 g/mol. The van der Waals surface area contributed by atoms with Gasteiger partial charge in [-0.25, -0.2) is 18.9 Å². The molecule has 0 saturated heterocycles. The first-order chi connectivity index (χ1) is 11.4. The molecule has 0 aliphatic heterocycles. The van der Waals surface area contributed by atoms with Gasteiger partial charge in [0.05, 0.1) is 22.2 Å². The number of carboxylic acid groups (broad SMARTS) is 1. The molecule has 3 rings (SSSR count). The Labute approximate surface area is 138 Å². The second kappa shape index (κ2) is 5.68. The summed E-state index contributed by atoms with van der Waals surface area (Å²) in [4.78, 5) is 14.5. The van der Waals surface area contributed by atoms with Crippen LogP contribution in [0.5, 0.6) is 0 Å². The van der Waals surface area contributed by atoms with Crippen molar-refractivity contribution in [3.05, 3.63) is 40.9 Å². The first kappa shape index (κ1) is 15.5. The number of carbonyl (C=O) groups is 1. The van der Waals surface area contributed by atoms with Crippen molar-refractivity contribution in [3.8, 4) is 11.8 Å². The van der Waals surface area contributed by atoms with Gasteiger partial charge in [0.25, 0.3) is 0 Å². The summed E-state index contributed by atoms with van der Waals surface area (Å²) in [5.74, 6) is -0.833. The van der Waals surface area contributed by atoms with E-state index in [0.717, 1.165) is 6.20 Å². The lowest BCUT2D eigenvalue weighted by molar-refractivity contribution is 0.209. The molecule has 0 fully saturated rings. The highest BCUT2D eigenvalue weighted by atomic mass is 35.5. The van der Waals surface area contributed by atoms with E-state index in [1.807, 2.05) is 6.07 Å². The molecule has 120 valence electrons. The SMILES string of the molecule is N#Cc1cc(N)cc(Cl)c1-n1cc2c(NC(=O)O)ncc(F)c2n1. The molecule has 1 aromatic carbocycles. The standard InChI is InChI=1S/C14H8ClFN6O2/c15-9-2-7(18)1-6(3-17)12(9)22-5-8-11(21-22)10(16)4-19-13(8)20-14(23)24/h1-2,4-5H,18H2,(H,19,20)(H,23,24). The van der Waals surface area contributed by atoms with Gasteiger partial charge in [-0.2, -0.15) is 10.4 Å². The summed E-state index contributed by atoms with van der Waals surface area (Å²) in [6.07, 6.45) is 0.821. The highest BCUT2D eigenvalue weighted by Gasteiger charge is 2.18. The number of amides is 1. The van der Waals surface area contributed by atoms with Gasteiger partial charge in [-0.3, -0.25) is 5.32 Å². The number of hydrogen-bond acceptors (Lipinski definition) is 5. The van der Waals surface area contributed by atoms with E-state index in [0.29, 0.717) is 0 Å². The topological polar surface area (TPSA) is 130 Å². The number of nitrogen functional groups attached to an aromatic ring is 1. The van der Waals surface area contributed by atoms with E-state index in [4.69, 9.17) is 22.4 Å². The third-order valence-electron chi connectivity index (χ3n) is 3.16. The molecule has 0 saturated carbocycles. The van der Waals surface area contributed by atoms with Crippen LogP contribution in [0, 0.1) is 17.1 Å². The number of nitrogens with zero attached hydrogens (tertiary/aromatic N) is 4. The van der Waals surface area contributed by atoms with Gasteiger partial charge in [0.15, 0.2) is 5.82 Å². The lowest BCUT2D eigenvalue weighted by Gasteiger charge is -2.07. The van der Waals surface area contributed by atoms with Crippen LogP contribution in [0.4, 0.5) is 20.7 Å². The number of benzene rings is 1. The van der Waals surface area contributed by atoms with Gasteiger partial charge in [0, 0.05) is 11.9 Å². The van der Waals surface area contributed by atoms with Crippen LogP contribution in [0.1, 0.15) is 5.56 Å². The Morgan fingerprint density at radius 3 is 2.92 bits per heavy atom. The fraction of sp³-hybridized carbons (Fsp3) is 0. The number of anilines is 2. The minimum atomic E-state index is -1.36. The Morgan fingerprint density at radius 1 is 1.50 bits per heavy atom. The summed E-state index contributed by atoms with van der Waals surface area (Å²) in [7, 11) is 0. The van der Waals surface area contributed by atoms with E-state index >= 15 is 0 Å². The van der Waals surface area contributed by atoms with Crippen LogP contribution in [0.2, 0.25) is 5.02 Å². The van der Waals surface area contributed by atoms with Crippen LogP contribution in [-0.4, -0.2) is 26.0 Å². The van der Waals surface area contributed by atoms with Crippen molar-refractivity contribution in [2.24, 2.45) is 0 Å². The minimum absolute atomic E-state index is 0.0878. The van der Waals surface area contributed by atoms with Gasteiger partial charge < -0.3 is 10.8 Å². The van der Waals surface area contributed by atoms with E-state index < -0.39 is 11.9 Å². The number of halogens is 2. The molecule has 8 nitrogen and oxygen atoms in total. The van der Waals surface area contributed by atoms with Crippen molar-refractivity contribution in [2.45, 2.75) is 0 Å². The summed E-state index contributed by atoms with van der Waals surface area (Å²) in [6.45, 7) is 0. The molecule has 3 aromatic rings. The molecule has 1 amide bonds. The van der Waals surface area contributed by atoms with Crippen molar-refractivity contribution < 1.29 is 14.3 Å². The van der Waals surface area contributed by atoms with Crippen LogP contribution >= 0.6 is 11.6 Å². The molecule has 0 spiro atoms. The Morgan fingerprint density at radius 2 is 2.25 bits per heavy atom. The normalized spacial score (nSPS) is 10.5. The summed E-state index contributed by atoms with van der Waals surface area (Å²) in [6, 6.07) is 4.76. The Bertz CT molecular complexity index is 1030. The lowest BCUT2D eigenvalue weighted by Crippen LogP contribution is -2.09. The number of rotatable bonds is 2. The van der Waals surface area contributed by atoms with E-state index in [-0.39, 0.29) is 38.7 Å². The zero-order valence-corrected chi connectivity index (χ0v) is 12.5. The molecule has 4 N–H and O–H groups in total. The van der Waals surface area contributed by atoms with Crippen LogP contribution in [0.25, 0.3) is 16.6 Å². The summed E-state index contributed by atoms with van der Waals surface area (Å²) in [5.41, 5.74) is 6.15. The van der Waals surface area contributed by atoms with Crippen molar-refractivity contribution in [2.75, 3.05) is 11.1 Å². The summed E-state index contributed by atoms with van der Waals surface area (Å²) < 4.78 is 15.1.